The molecule has 0 spiro atoms. The number of imidazole rings is 1. The van der Waals surface area contributed by atoms with Gasteiger partial charge in [0.2, 0.25) is 5.95 Å². The number of hydrogen-bond donors (Lipinski definition) is 1. The Morgan fingerprint density at radius 1 is 1.28 bits per heavy atom. The Morgan fingerprint density at radius 2 is 2.06 bits per heavy atom. The van der Waals surface area contributed by atoms with Gasteiger partial charge in [-0.15, -0.1) is 0 Å². The van der Waals surface area contributed by atoms with Crippen LogP contribution in [-0.4, -0.2) is 16.1 Å². The molecule has 0 amide bonds. The molecule has 0 radical (unpaired) electrons. The first-order valence-electron chi connectivity index (χ1n) is 6.61. The van der Waals surface area contributed by atoms with Gasteiger partial charge in [0.15, 0.2) is 0 Å². The summed E-state index contributed by atoms with van der Waals surface area (Å²) < 4.78 is 2.19. The Balaban J connectivity index is 2.03. The molecular formula is C15H21N3. The van der Waals surface area contributed by atoms with Gasteiger partial charge in [-0.05, 0) is 17.9 Å². The van der Waals surface area contributed by atoms with Crippen molar-refractivity contribution in [2.45, 2.75) is 32.7 Å². The van der Waals surface area contributed by atoms with Gasteiger partial charge in [0, 0.05) is 25.5 Å². The monoisotopic (exact) mass is 243 g/mol. The van der Waals surface area contributed by atoms with E-state index in [0.29, 0.717) is 5.92 Å². The molecule has 0 aliphatic heterocycles. The van der Waals surface area contributed by atoms with E-state index >= 15 is 0 Å². The van der Waals surface area contributed by atoms with Gasteiger partial charge >= 0.3 is 0 Å². The van der Waals surface area contributed by atoms with Crippen molar-refractivity contribution in [2.75, 3.05) is 11.9 Å². The Bertz CT molecular complexity index is 462. The van der Waals surface area contributed by atoms with E-state index in [1.54, 1.807) is 0 Å². The number of nitrogens with one attached hydrogen (secondary N) is 1. The van der Waals surface area contributed by atoms with Gasteiger partial charge in [0.05, 0.1) is 0 Å². The largest absolute Gasteiger partial charge is 0.356 e. The average Bonchev–Trinajstić information content (AvgIpc) is 2.84. The van der Waals surface area contributed by atoms with Gasteiger partial charge in [-0.25, -0.2) is 4.98 Å². The first kappa shape index (κ1) is 12.7. The van der Waals surface area contributed by atoms with E-state index in [1.165, 1.54) is 5.56 Å². The molecule has 1 heterocycles. The second kappa shape index (κ2) is 6.24. The number of nitrogens with zero attached hydrogens (tertiary/aromatic N) is 2. The predicted octanol–water partition coefficient (Wildman–Crippen LogP) is 3.51. The minimum atomic E-state index is 0.488. The molecule has 18 heavy (non-hydrogen) atoms. The lowest BCUT2D eigenvalue weighted by Crippen LogP contribution is -2.11. The summed E-state index contributed by atoms with van der Waals surface area (Å²) in [6.45, 7) is 6.33. The van der Waals surface area contributed by atoms with Crippen LogP contribution in [-0.2, 0) is 6.54 Å². The van der Waals surface area contributed by atoms with Gasteiger partial charge in [0.1, 0.15) is 0 Å². The first-order valence-corrected chi connectivity index (χ1v) is 6.61. The first-order chi connectivity index (χ1) is 8.81. The Kier molecular flexibility index (Phi) is 4.40. The molecule has 1 aromatic heterocycles. The Labute approximate surface area is 109 Å². The lowest BCUT2D eigenvalue weighted by atomic mass is 10.0. The molecule has 0 aliphatic rings. The maximum Gasteiger partial charge on any atom is 0.202 e. The maximum absolute atomic E-state index is 4.35. The molecular weight excluding hydrogens is 222 g/mol. The minimum absolute atomic E-state index is 0.488. The van der Waals surface area contributed by atoms with Crippen LogP contribution in [0, 0.1) is 0 Å². The highest BCUT2D eigenvalue weighted by Crippen LogP contribution is 2.18. The molecule has 1 aromatic carbocycles. The van der Waals surface area contributed by atoms with Crippen LogP contribution in [0.25, 0.3) is 0 Å². The molecule has 0 fully saturated rings. The molecule has 1 N–H and O–H groups in total. The van der Waals surface area contributed by atoms with Gasteiger partial charge in [-0.2, -0.15) is 0 Å². The predicted molar refractivity (Wildman–Crippen MR) is 75.9 cm³/mol. The van der Waals surface area contributed by atoms with Crippen molar-refractivity contribution in [1.82, 2.24) is 9.55 Å². The van der Waals surface area contributed by atoms with E-state index in [4.69, 9.17) is 0 Å². The van der Waals surface area contributed by atoms with Gasteiger partial charge in [-0.3, -0.25) is 0 Å². The highest BCUT2D eigenvalue weighted by atomic mass is 15.2. The van der Waals surface area contributed by atoms with E-state index in [9.17, 15) is 0 Å². The summed E-state index contributed by atoms with van der Waals surface area (Å²) in [5.74, 6) is 1.46. The topological polar surface area (TPSA) is 29.9 Å². The van der Waals surface area contributed by atoms with Gasteiger partial charge in [0.25, 0.3) is 0 Å². The normalized spacial score (nSPS) is 12.3. The summed E-state index contributed by atoms with van der Waals surface area (Å²) >= 11 is 0. The van der Waals surface area contributed by atoms with Gasteiger partial charge < -0.3 is 9.88 Å². The second-order valence-corrected chi connectivity index (χ2v) is 4.64. The van der Waals surface area contributed by atoms with Crippen molar-refractivity contribution in [1.29, 1.82) is 0 Å². The van der Waals surface area contributed by atoms with Crippen molar-refractivity contribution in [2.24, 2.45) is 0 Å². The summed E-state index contributed by atoms with van der Waals surface area (Å²) in [5.41, 5.74) is 1.37. The summed E-state index contributed by atoms with van der Waals surface area (Å²) in [4.78, 5) is 4.35. The summed E-state index contributed by atoms with van der Waals surface area (Å²) in [6.07, 6.45) is 5.01. The zero-order chi connectivity index (χ0) is 12.8. The number of anilines is 1. The Hall–Kier alpha value is -1.77. The summed E-state index contributed by atoms with van der Waals surface area (Å²) in [5, 5.41) is 3.35. The van der Waals surface area contributed by atoms with Crippen LogP contribution in [0.3, 0.4) is 0 Å². The lowest BCUT2D eigenvalue weighted by molar-refractivity contribution is 0.600. The van der Waals surface area contributed by atoms with Crippen molar-refractivity contribution in [3.8, 4) is 0 Å². The average molecular weight is 243 g/mol. The van der Waals surface area contributed by atoms with E-state index in [1.807, 2.05) is 12.4 Å². The molecule has 1 atom stereocenters. The van der Waals surface area contributed by atoms with Crippen LogP contribution < -0.4 is 5.32 Å². The smallest absolute Gasteiger partial charge is 0.202 e. The lowest BCUT2D eigenvalue weighted by Gasteiger charge is -2.15. The van der Waals surface area contributed by atoms with Crippen molar-refractivity contribution in [3.05, 3.63) is 48.3 Å². The van der Waals surface area contributed by atoms with E-state index < -0.39 is 0 Å². The van der Waals surface area contributed by atoms with Crippen LogP contribution in [0.4, 0.5) is 5.95 Å². The third kappa shape index (κ3) is 3.13. The van der Waals surface area contributed by atoms with Crippen molar-refractivity contribution in [3.63, 3.8) is 0 Å². The third-order valence-corrected chi connectivity index (χ3v) is 3.09. The van der Waals surface area contributed by atoms with Crippen molar-refractivity contribution < 1.29 is 0 Å². The number of aromatic nitrogens is 2. The zero-order valence-corrected chi connectivity index (χ0v) is 11.1. The summed E-state index contributed by atoms with van der Waals surface area (Å²) in [7, 11) is 0. The number of benzene rings is 1. The molecule has 0 saturated carbocycles. The fourth-order valence-corrected chi connectivity index (χ4v) is 2.04. The van der Waals surface area contributed by atoms with Gasteiger partial charge in [-0.1, -0.05) is 44.2 Å². The minimum Gasteiger partial charge on any atom is -0.356 e. The highest BCUT2D eigenvalue weighted by molar-refractivity contribution is 5.26. The van der Waals surface area contributed by atoms with Crippen LogP contribution in [0.1, 0.15) is 31.7 Å². The fraction of sp³-hybridized carbons (Fsp3) is 0.400. The third-order valence-electron chi connectivity index (χ3n) is 3.09. The number of rotatable bonds is 6. The van der Waals surface area contributed by atoms with Crippen LogP contribution >= 0.6 is 0 Å². The molecule has 2 aromatic rings. The van der Waals surface area contributed by atoms with Crippen LogP contribution in [0.2, 0.25) is 0 Å². The molecule has 0 saturated heterocycles. The second-order valence-electron chi connectivity index (χ2n) is 4.64. The quantitative estimate of drug-likeness (QED) is 0.841. The Morgan fingerprint density at radius 3 is 2.78 bits per heavy atom. The number of hydrogen-bond acceptors (Lipinski definition) is 2. The molecule has 3 heteroatoms. The van der Waals surface area contributed by atoms with Crippen LogP contribution in [0.5, 0.6) is 0 Å². The molecule has 1 unspecified atom stereocenters. The summed E-state index contributed by atoms with van der Waals surface area (Å²) in [6, 6.07) is 10.6. The van der Waals surface area contributed by atoms with Crippen LogP contribution in [0.15, 0.2) is 42.7 Å². The maximum atomic E-state index is 4.35. The molecule has 0 aliphatic carbocycles. The zero-order valence-electron chi connectivity index (χ0n) is 11.1. The van der Waals surface area contributed by atoms with E-state index in [0.717, 1.165) is 25.5 Å². The molecule has 2 rings (SSSR count). The molecule has 96 valence electrons. The molecule has 0 bridgehead atoms. The fourth-order valence-electron chi connectivity index (χ4n) is 2.04. The van der Waals surface area contributed by atoms with Crippen molar-refractivity contribution >= 4 is 5.95 Å². The van der Waals surface area contributed by atoms with E-state index in [-0.39, 0.29) is 0 Å². The molecule has 3 nitrogen and oxygen atoms in total. The van der Waals surface area contributed by atoms with E-state index in [2.05, 4.69) is 59.0 Å². The SMILES string of the molecule is CCCNc1nccn1CC(C)c1ccccc1. The highest BCUT2D eigenvalue weighted by Gasteiger charge is 2.08. The standard InChI is InChI=1S/C15H21N3/c1-3-9-16-15-17-10-11-18(15)12-13(2)14-7-5-4-6-8-14/h4-8,10-11,13H,3,9,12H2,1-2H3,(H,16,17).